The van der Waals surface area contributed by atoms with Crippen LogP contribution in [0.3, 0.4) is 0 Å². The first-order valence-electron chi connectivity index (χ1n) is 9.06. The third kappa shape index (κ3) is 4.20. The van der Waals surface area contributed by atoms with Crippen LogP contribution in [0.5, 0.6) is 0 Å². The lowest BCUT2D eigenvalue weighted by molar-refractivity contribution is 0.0745. The summed E-state index contributed by atoms with van der Waals surface area (Å²) in [6.07, 6.45) is 3.63. The second-order valence-electron chi connectivity index (χ2n) is 6.45. The molecule has 8 heteroatoms. The number of nitrogens with zero attached hydrogens (tertiary/aromatic N) is 4. The molecule has 3 aromatic rings. The number of thiophene rings is 1. The van der Waals surface area contributed by atoms with Gasteiger partial charge in [0.2, 0.25) is 17.5 Å². The predicted octanol–water partition coefficient (Wildman–Crippen LogP) is 3.88. The number of benzene rings is 1. The first kappa shape index (κ1) is 18.9. The summed E-state index contributed by atoms with van der Waals surface area (Å²) in [5.74, 6) is 0.286. The average molecular weight is 408 g/mol. The monoisotopic (exact) mass is 408 g/mol. The minimum Gasteiger partial charge on any atom is -0.420 e. The van der Waals surface area contributed by atoms with E-state index < -0.39 is 0 Å². The van der Waals surface area contributed by atoms with Crippen molar-refractivity contribution in [3.63, 3.8) is 0 Å². The fraction of sp³-hybridized carbons (Fsp3) is 0.190. The smallest absolute Gasteiger partial charge is 0.253 e. The molecular weight excluding hydrogens is 391 g/mol. The van der Waals surface area contributed by atoms with Crippen molar-refractivity contribution in [2.24, 2.45) is 0 Å². The highest BCUT2D eigenvalue weighted by molar-refractivity contribution is 7.10. The number of carbonyl (C=O) groups excluding carboxylic acids is 1. The molecule has 0 atom stereocenters. The van der Waals surface area contributed by atoms with E-state index in [0.717, 1.165) is 4.88 Å². The molecule has 0 N–H and O–H groups in total. The molecule has 0 aliphatic carbocycles. The minimum absolute atomic E-state index is 0.137. The molecule has 1 aliphatic heterocycles. The largest absolute Gasteiger partial charge is 0.420 e. The number of piperazine rings is 1. The van der Waals surface area contributed by atoms with E-state index in [4.69, 9.17) is 4.42 Å². The van der Waals surface area contributed by atoms with Crippen molar-refractivity contribution in [3.8, 4) is 6.07 Å². The molecule has 1 aromatic carbocycles. The number of oxazole rings is 1. The van der Waals surface area contributed by atoms with Crippen LogP contribution in [-0.2, 0) is 0 Å². The number of carbonyl (C=O) groups is 1. The second-order valence-corrected chi connectivity index (χ2v) is 7.43. The van der Waals surface area contributed by atoms with Gasteiger partial charge in [-0.2, -0.15) is 10.2 Å². The Hall–Kier alpha value is -3.44. The number of halogens is 1. The molecule has 1 aliphatic rings. The molecule has 0 unspecified atom stereocenters. The summed E-state index contributed by atoms with van der Waals surface area (Å²) in [6.45, 7) is 1.99. The van der Waals surface area contributed by atoms with Crippen LogP contribution in [-0.4, -0.2) is 42.0 Å². The van der Waals surface area contributed by atoms with E-state index in [1.807, 2.05) is 28.5 Å². The SMILES string of the molecule is N#Cc1nc(C=Cc2cccs2)oc1N1CCN(C(=O)c2ccc(F)cc2)CC1. The normalized spacial score (nSPS) is 14.3. The molecule has 2 aromatic heterocycles. The summed E-state index contributed by atoms with van der Waals surface area (Å²) in [4.78, 5) is 21.5. The summed E-state index contributed by atoms with van der Waals surface area (Å²) in [5, 5.41) is 11.4. The zero-order valence-electron chi connectivity index (χ0n) is 15.4. The van der Waals surface area contributed by atoms with Gasteiger partial charge in [-0.3, -0.25) is 4.79 Å². The Balaban J connectivity index is 1.43. The van der Waals surface area contributed by atoms with Gasteiger partial charge in [0.05, 0.1) is 0 Å². The fourth-order valence-electron chi connectivity index (χ4n) is 3.11. The van der Waals surface area contributed by atoms with Gasteiger partial charge < -0.3 is 14.2 Å². The van der Waals surface area contributed by atoms with Crippen LogP contribution in [0.4, 0.5) is 10.3 Å². The van der Waals surface area contributed by atoms with Crippen molar-refractivity contribution in [1.29, 1.82) is 5.26 Å². The molecule has 3 heterocycles. The van der Waals surface area contributed by atoms with Crippen LogP contribution in [0.25, 0.3) is 12.2 Å². The van der Waals surface area contributed by atoms with E-state index in [2.05, 4.69) is 11.1 Å². The molecule has 0 radical (unpaired) electrons. The number of nitriles is 1. The molecule has 1 amide bonds. The Bertz CT molecular complexity index is 1060. The third-order valence-corrected chi connectivity index (χ3v) is 5.45. The highest BCUT2D eigenvalue weighted by Gasteiger charge is 2.26. The van der Waals surface area contributed by atoms with E-state index in [0.29, 0.717) is 43.5 Å². The van der Waals surface area contributed by atoms with E-state index in [1.54, 1.807) is 22.3 Å². The third-order valence-electron chi connectivity index (χ3n) is 4.61. The Morgan fingerprint density at radius 2 is 1.93 bits per heavy atom. The molecule has 146 valence electrons. The molecule has 4 rings (SSSR count). The van der Waals surface area contributed by atoms with Gasteiger partial charge in [-0.1, -0.05) is 6.07 Å². The zero-order valence-corrected chi connectivity index (χ0v) is 16.2. The Morgan fingerprint density at radius 1 is 1.17 bits per heavy atom. The molecule has 0 bridgehead atoms. The van der Waals surface area contributed by atoms with Crippen LogP contribution in [0.15, 0.2) is 46.2 Å². The number of aromatic nitrogens is 1. The van der Waals surface area contributed by atoms with Crippen LogP contribution < -0.4 is 4.90 Å². The Kier molecular flexibility index (Phi) is 5.40. The molecule has 0 saturated carbocycles. The van der Waals surface area contributed by atoms with Gasteiger partial charge in [-0.15, -0.1) is 11.3 Å². The molecule has 1 fully saturated rings. The summed E-state index contributed by atoms with van der Waals surface area (Å²) >= 11 is 1.60. The Labute approximate surface area is 171 Å². The van der Waals surface area contributed by atoms with Gasteiger partial charge in [0.15, 0.2) is 0 Å². The van der Waals surface area contributed by atoms with Gasteiger partial charge in [0.25, 0.3) is 5.91 Å². The van der Waals surface area contributed by atoms with Crippen LogP contribution in [0.2, 0.25) is 0 Å². The lowest BCUT2D eigenvalue weighted by atomic mass is 10.2. The summed E-state index contributed by atoms with van der Waals surface area (Å²) in [7, 11) is 0. The standard InChI is InChI=1S/C21H17FN4O2S/c22-16-5-3-15(4-6-16)20(27)25-9-11-26(12-10-25)21-18(14-23)24-19(28-21)8-7-17-2-1-13-29-17/h1-8,13H,9-12H2. The van der Waals surface area contributed by atoms with E-state index in [-0.39, 0.29) is 17.4 Å². The summed E-state index contributed by atoms with van der Waals surface area (Å²) in [5.41, 5.74) is 0.687. The van der Waals surface area contributed by atoms with E-state index in [1.165, 1.54) is 24.3 Å². The molecule has 29 heavy (non-hydrogen) atoms. The molecule has 0 spiro atoms. The minimum atomic E-state index is -0.371. The number of hydrogen-bond acceptors (Lipinski definition) is 6. The second kappa shape index (κ2) is 8.29. The first-order valence-corrected chi connectivity index (χ1v) is 9.94. The van der Waals surface area contributed by atoms with Crippen molar-refractivity contribution in [3.05, 3.63) is 69.6 Å². The fourth-order valence-corrected chi connectivity index (χ4v) is 3.73. The predicted molar refractivity (Wildman–Crippen MR) is 109 cm³/mol. The van der Waals surface area contributed by atoms with Crippen molar-refractivity contribution in [2.75, 3.05) is 31.1 Å². The Morgan fingerprint density at radius 3 is 2.59 bits per heavy atom. The summed E-state index contributed by atoms with van der Waals surface area (Å²) < 4.78 is 18.9. The van der Waals surface area contributed by atoms with Gasteiger partial charge in [0, 0.05) is 42.7 Å². The molecule has 1 saturated heterocycles. The highest BCUT2D eigenvalue weighted by Crippen LogP contribution is 2.25. The maximum Gasteiger partial charge on any atom is 0.253 e. The van der Waals surface area contributed by atoms with Crippen LogP contribution >= 0.6 is 11.3 Å². The lowest BCUT2D eigenvalue weighted by Gasteiger charge is -2.34. The van der Waals surface area contributed by atoms with Crippen molar-refractivity contribution < 1.29 is 13.6 Å². The van der Waals surface area contributed by atoms with E-state index >= 15 is 0 Å². The first-order chi connectivity index (χ1) is 14.1. The summed E-state index contributed by atoms with van der Waals surface area (Å²) in [6, 6.07) is 11.5. The van der Waals surface area contributed by atoms with Crippen molar-refractivity contribution in [1.82, 2.24) is 9.88 Å². The van der Waals surface area contributed by atoms with Crippen LogP contribution in [0, 0.1) is 17.1 Å². The maximum absolute atomic E-state index is 13.1. The quantitative estimate of drug-likeness (QED) is 0.655. The maximum atomic E-state index is 13.1. The highest BCUT2D eigenvalue weighted by atomic mass is 32.1. The van der Waals surface area contributed by atoms with Gasteiger partial charge in [-0.25, -0.2) is 4.39 Å². The average Bonchev–Trinajstić information content (AvgIpc) is 3.42. The molecular formula is C21H17FN4O2S. The number of amides is 1. The number of hydrogen-bond donors (Lipinski definition) is 0. The van der Waals surface area contributed by atoms with Gasteiger partial charge >= 0.3 is 0 Å². The van der Waals surface area contributed by atoms with Crippen molar-refractivity contribution >= 4 is 35.3 Å². The lowest BCUT2D eigenvalue weighted by Crippen LogP contribution is -2.48. The van der Waals surface area contributed by atoms with Crippen LogP contribution in [0.1, 0.15) is 26.8 Å². The van der Waals surface area contributed by atoms with Gasteiger partial charge in [0.1, 0.15) is 11.9 Å². The van der Waals surface area contributed by atoms with Crippen molar-refractivity contribution in [2.45, 2.75) is 0 Å². The topological polar surface area (TPSA) is 73.4 Å². The number of anilines is 1. The molecule has 6 nitrogen and oxygen atoms in total. The zero-order chi connectivity index (χ0) is 20.2. The van der Waals surface area contributed by atoms with Gasteiger partial charge in [-0.05, 0) is 41.8 Å². The van der Waals surface area contributed by atoms with E-state index in [9.17, 15) is 14.4 Å². The number of rotatable bonds is 4.